The SMILES string of the molecule is O=C(NCCc1ccccc1)c1ccc(NC(=O)N2CCC(n3cc(Cl)cn3)C2)cc1. The number of nitrogens with zero attached hydrogens (tertiary/aromatic N) is 3. The van der Waals surface area contributed by atoms with Crippen molar-refractivity contribution < 1.29 is 9.59 Å². The maximum atomic E-state index is 12.6. The number of aromatic nitrogens is 2. The van der Waals surface area contributed by atoms with Crippen molar-refractivity contribution in [1.82, 2.24) is 20.0 Å². The lowest BCUT2D eigenvalue weighted by Gasteiger charge is -2.17. The van der Waals surface area contributed by atoms with E-state index in [1.54, 1.807) is 46.2 Å². The number of urea groups is 1. The van der Waals surface area contributed by atoms with Gasteiger partial charge in [0.15, 0.2) is 0 Å². The smallest absolute Gasteiger partial charge is 0.321 e. The highest BCUT2D eigenvalue weighted by Gasteiger charge is 2.28. The molecule has 0 bridgehead atoms. The number of amides is 3. The predicted molar refractivity (Wildman–Crippen MR) is 120 cm³/mol. The van der Waals surface area contributed by atoms with Crippen LogP contribution >= 0.6 is 11.6 Å². The Morgan fingerprint density at radius 1 is 1.10 bits per heavy atom. The van der Waals surface area contributed by atoms with Crippen LogP contribution < -0.4 is 10.6 Å². The Labute approximate surface area is 186 Å². The summed E-state index contributed by atoms with van der Waals surface area (Å²) in [7, 11) is 0. The molecule has 4 rings (SSSR count). The van der Waals surface area contributed by atoms with Crippen LogP contribution in [-0.4, -0.2) is 46.3 Å². The number of hydrogen-bond donors (Lipinski definition) is 2. The summed E-state index contributed by atoms with van der Waals surface area (Å²) in [6, 6.07) is 16.9. The van der Waals surface area contributed by atoms with E-state index in [0.717, 1.165) is 12.8 Å². The molecule has 2 aromatic carbocycles. The monoisotopic (exact) mass is 437 g/mol. The topological polar surface area (TPSA) is 79.3 Å². The number of rotatable bonds is 6. The van der Waals surface area contributed by atoms with Gasteiger partial charge in [-0.05, 0) is 42.7 Å². The summed E-state index contributed by atoms with van der Waals surface area (Å²) < 4.78 is 1.81. The molecule has 1 atom stereocenters. The van der Waals surface area contributed by atoms with Gasteiger partial charge in [0.1, 0.15) is 0 Å². The van der Waals surface area contributed by atoms with Crippen molar-refractivity contribution in [1.29, 1.82) is 0 Å². The number of halogens is 1. The molecule has 1 aliphatic heterocycles. The summed E-state index contributed by atoms with van der Waals surface area (Å²) in [5.41, 5.74) is 2.39. The van der Waals surface area contributed by atoms with Gasteiger partial charge in [0.05, 0.1) is 17.3 Å². The number of anilines is 1. The molecule has 0 spiro atoms. The summed E-state index contributed by atoms with van der Waals surface area (Å²) in [6.07, 6.45) is 4.98. The van der Waals surface area contributed by atoms with Crippen molar-refractivity contribution in [2.75, 3.05) is 25.0 Å². The first-order valence-corrected chi connectivity index (χ1v) is 10.6. The van der Waals surface area contributed by atoms with Crippen molar-refractivity contribution in [2.24, 2.45) is 0 Å². The van der Waals surface area contributed by atoms with Crippen LogP contribution in [0.4, 0.5) is 10.5 Å². The third-order valence-corrected chi connectivity index (χ3v) is 5.53. The highest BCUT2D eigenvalue weighted by atomic mass is 35.5. The predicted octanol–water partition coefficient (Wildman–Crippen LogP) is 3.99. The molecule has 3 aromatic rings. The maximum absolute atomic E-state index is 12.6. The van der Waals surface area contributed by atoms with Gasteiger partial charge in [-0.15, -0.1) is 0 Å². The molecule has 3 amide bonds. The van der Waals surface area contributed by atoms with E-state index in [9.17, 15) is 9.59 Å². The second-order valence-corrected chi connectivity index (χ2v) is 7.96. The number of likely N-dealkylation sites (tertiary alicyclic amines) is 1. The van der Waals surface area contributed by atoms with Crippen LogP contribution in [0.1, 0.15) is 28.4 Å². The summed E-state index contributed by atoms with van der Waals surface area (Å²) in [6.45, 7) is 1.79. The van der Waals surface area contributed by atoms with Crippen LogP contribution in [0.25, 0.3) is 0 Å². The molecule has 1 fully saturated rings. The Balaban J connectivity index is 1.25. The van der Waals surface area contributed by atoms with Crippen LogP contribution in [0.15, 0.2) is 67.0 Å². The van der Waals surface area contributed by atoms with Crippen molar-refractivity contribution in [3.8, 4) is 0 Å². The van der Waals surface area contributed by atoms with Gasteiger partial charge in [0, 0.05) is 37.1 Å². The van der Waals surface area contributed by atoms with Gasteiger partial charge >= 0.3 is 6.03 Å². The van der Waals surface area contributed by atoms with Crippen LogP contribution in [0.2, 0.25) is 5.02 Å². The highest BCUT2D eigenvalue weighted by Crippen LogP contribution is 2.23. The minimum atomic E-state index is -0.166. The van der Waals surface area contributed by atoms with Crippen LogP contribution in [0, 0.1) is 0 Å². The van der Waals surface area contributed by atoms with Crippen LogP contribution in [0.3, 0.4) is 0 Å². The van der Waals surface area contributed by atoms with Gasteiger partial charge in [-0.1, -0.05) is 41.9 Å². The average molecular weight is 438 g/mol. The van der Waals surface area contributed by atoms with Gasteiger partial charge in [-0.25, -0.2) is 4.79 Å². The molecule has 1 aliphatic rings. The van der Waals surface area contributed by atoms with Gasteiger partial charge in [0.2, 0.25) is 0 Å². The Morgan fingerprint density at radius 3 is 2.58 bits per heavy atom. The first-order chi connectivity index (χ1) is 15.1. The lowest BCUT2D eigenvalue weighted by Crippen LogP contribution is -2.33. The Bertz CT molecular complexity index is 1040. The van der Waals surface area contributed by atoms with Gasteiger partial charge in [0.25, 0.3) is 5.91 Å². The standard InChI is InChI=1S/C23H24ClN5O2/c24-19-14-26-29(15-19)21-11-13-28(16-21)23(31)27-20-8-6-18(7-9-20)22(30)25-12-10-17-4-2-1-3-5-17/h1-9,14-15,21H,10-13,16H2,(H,25,30)(H,27,31). The van der Waals surface area contributed by atoms with Crippen molar-refractivity contribution >= 4 is 29.2 Å². The van der Waals surface area contributed by atoms with Crippen molar-refractivity contribution in [3.63, 3.8) is 0 Å². The van der Waals surface area contributed by atoms with E-state index in [4.69, 9.17) is 11.6 Å². The van der Waals surface area contributed by atoms with E-state index in [1.165, 1.54) is 5.56 Å². The quantitative estimate of drug-likeness (QED) is 0.612. The van der Waals surface area contributed by atoms with Gasteiger partial charge in [-0.3, -0.25) is 9.48 Å². The number of nitrogens with one attached hydrogen (secondary N) is 2. The zero-order valence-corrected chi connectivity index (χ0v) is 17.8. The third kappa shape index (κ3) is 5.44. The Hall–Kier alpha value is -3.32. The molecule has 31 heavy (non-hydrogen) atoms. The fourth-order valence-corrected chi connectivity index (χ4v) is 3.77. The molecule has 160 valence electrons. The molecule has 2 N–H and O–H groups in total. The van der Waals surface area contributed by atoms with Crippen LogP contribution in [-0.2, 0) is 6.42 Å². The van der Waals surface area contributed by atoms with Crippen molar-refractivity contribution in [2.45, 2.75) is 18.9 Å². The molecule has 7 nitrogen and oxygen atoms in total. The number of benzene rings is 2. The number of hydrogen-bond acceptors (Lipinski definition) is 3. The fraction of sp³-hybridized carbons (Fsp3) is 0.261. The molecule has 1 aromatic heterocycles. The van der Waals surface area contributed by atoms with Crippen molar-refractivity contribution in [3.05, 3.63) is 83.1 Å². The highest BCUT2D eigenvalue weighted by molar-refractivity contribution is 6.30. The molecule has 0 radical (unpaired) electrons. The first-order valence-electron chi connectivity index (χ1n) is 10.3. The van der Waals surface area contributed by atoms with E-state index in [0.29, 0.717) is 35.9 Å². The lowest BCUT2D eigenvalue weighted by atomic mass is 10.1. The zero-order chi connectivity index (χ0) is 21.6. The number of carbonyl (C=O) groups is 2. The Kier molecular flexibility index (Phi) is 6.52. The average Bonchev–Trinajstić information content (AvgIpc) is 3.44. The summed E-state index contributed by atoms with van der Waals surface area (Å²) in [5, 5.41) is 10.6. The summed E-state index contributed by atoms with van der Waals surface area (Å²) in [5.74, 6) is -0.130. The zero-order valence-electron chi connectivity index (χ0n) is 17.0. The fourth-order valence-electron chi connectivity index (χ4n) is 3.63. The summed E-state index contributed by atoms with van der Waals surface area (Å²) in [4.78, 5) is 26.7. The van der Waals surface area contributed by atoms with E-state index in [2.05, 4.69) is 15.7 Å². The van der Waals surface area contributed by atoms with Gasteiger partial charge in [-0.2, -0.15) is 5.10 Å². The third-order valence-electron chi connectivity index (χ3n) is 5.34. The number of carbonyl (C=O) groups excluding carboxylic acids is 2. The molecular formula is C23H24ClN5O2. The molecule has 8 heteroatoms. The molecule has 1 saturated heterocycles. The molecule has 1 unspecified atom stereocenters. The van der Waals surface area contributed by atoms with Crippen LogP contribution in [0.5, 0.6) is 0 Å². The second kappa shape index (κ2) is 9.66. The molecule has 0 aliphatic carbocycles. The molecule has 2 heterocycles. The van der Waals surface area contributed by atoms with E-state index in [1.807, 2.05) is 30.3 Å². The Morgan fingerprint density at radius 2 is 1.87 bits per heavy atom. The maximum Gasteiger partial charge on any atom is 0.321 e. The van der Waals surface area contributed by atoms with E-state index in [-0.39, 0.29) is 18.0 Å². The second-order valence-electron chi connectivity index (χ2n) is 7.53. The minimum absolute atomic E-state index is 0.125. The normalized spacial score (nSPS) is 15.6. The van der Waals surface area contributed by atoms with E-state index >= 15 is 0 Å². The molecule has 0 saturated carbocycles. The minimum Gasteiger partial charge on any atom is -0.352 e. The lowest BCUT2D eigenvalue weighted by molar-refractivity contribution is 0.0954. The first kappa shape index (κ1) is 20.9. The van der Waals surface area contributed by atoms with E-state index < -0.39 is 0 Å². The summed E-state index contributed by atoms with van der Waals surface area (Å²) >= 11 is 5.93. The largest absolute Gasteiger partial charge is 0.352 e. The van der Waals surface area contributed by atoms with Gasteiger partial charge < -0.3 is 15.5 Å². The molecular weight excluding hydrogens is 414 g/mol.